The summed E-state index contributed by atoms with van der Waals surface area (Å²) in [5.74, 6) is -0.565. The van der Waals surface area contributed by atoms with E-state index in [-0.39, 0.29) is 11.3 Å². The Morgan fingerprint density at radius 1 is 1.62 bits per heavy atom. The number of hydrogen-bond donors (Lipinski definition) is 2. The Balaban J connectivity index is 3.25. The van der Waals surface area contributed by atoms with Gasteiger partial charge in [0.15, 0.2) is 0 Å². The molecule has 0 amide bonds. The first-order valence-electron chi connectivity index (χ1n) is 4.00. The van der Waals surface area contributed by atoms with Gasteiger partial charge in [0, 0.05) is 11.6 Å². The molecule has 0 saturated carbocycles. The quantitative estimate of drug-likeness (QED) is 0.845. The van der Waals surface area contributed by atoms with Gasteiger partial charge in [0.25, 0.3) is 0 Å². The van der Waals surface area contributed by atoms with E-state index in [4.69, 9.17) is 5.73 Å². The number of aromatic hydroxyl groups is 1. The molecule has 0 aliphatic carbocycles. The molecule has 0 aliphatic rings. The fraction of sp³-hybridized carbons (Fsp3) is 0.333. The summed E-state index contributed by atoms with van der Waals surface area (Å²) < 4.78 is 13.7. The summed E-state index contributed by atoms with van der Waals surface area (Å²) in [6.07, 6.45) is 0.584. The maximum absolute atomic E-state index is 13.2. The number of phenolic OH excluding ortho intramolecular Hbond substituents is 1. The molecule has 2 nitrogen and oxygen atoms in total. The zero-order valence-electron chi connectivity index (χ0n) is 7.22. The van der Waals surface area contributed by atoms with Crippen molar-refractivity contribution in [2.45, 2.75) is 19.4 Å². The van der Waals surface area contributed by atoms with Gasteiger partial charge in [-0.2, -0.15) is 0 Å². The molecule has 0 radical (unpaired) electrons. The predicted molar refractivity (Wildman–Crippen MR) is 53.0 cm³/mol. The van der Waals surface area contributed by atoms with Crippen molar-refractivity contribution >= 4 is 15.9 Å². The van der Waals surface area contributed by atoms with E-state index in [0.29, 0.717) is 10.9 Å². The molecule has 0 saturated heterocycles. The number of hydrogen-bond acceptors (Lipinski definition) is 2. The van der Waals surface area contributed by atoms with E-state index in [0.717, 1.165) is 0 Å². The lowest BCUT2D eigenvalue weighted by molar-refractivity contribution is 0.444. The monoisotopic (exact) mass is 247 g/mol. The summed E-state index contributed by atoms with van der Waals surface area (Å²) in [5.41, 5.74) is 5.82. The molecular formula is C9H11BrFNO. The zero-order chi connectivity index (χ0) is 10.0. The van der Waals surface area contributed by atoms with E-state index < -0.39 is 11.9 Å². The smallest absolute Gasteiger partial charge is 0.137 e. The van der Waals surface area contributed by atoms with Crippen molar-refractivity contribution in [3.63, 3.8) is 0 Å². The molecule has 4 heteroatoms. The summed E-state index contributed by atoms with van der Waals surface area (Å²) in [4.78, 5) is 0. The molecule has 0 spiro atoms. The Morgan fingerprint density at radius 3 is 2.77 bits per heavy atom. The molecule has 3 N–H and O–H groups in total. The number of phenols is 1. The van der Waals surface area contributed by atoms with Gasteiger partial charge in [0.05, 0.1) is 4.47 Å². The lowest BCUT2D eigenvalue weighted by atomic mass is 10.0. The maximum atomic E-state index is 13.2. The topological polar surface area (TPSA) is 46.2 Å². The Labute approximate surface area is 84.7 Å². The average molecular weight is 248 g/mol. The summed E-state index contributed by atoms with van der Waals surface area (Å²) in [6.45, 7) is 1.84. The van der Waals surface area contributed by atoms with Crippen molar-refractivity contribution in [2.24, 2.45) is 5.73 Å². The third kappa shape index (κ3) is 2.00. The highest BCUT2D eigenvalue weighted by atomic mass is 79.9. The molecule has 0 bridgehead atoms. The van der Waals surface area contributed by atoms with Gasteiger partial charge in [-0.25, -0.2) is 4.39 Å². The second-order valence-electron chi connectivity index (χ2n) is 2.81. The van der Waals surface area contributed by atoms with Crippen LogP contribution in [0.4, 0.5) is 4.39 Å². The largest absolute Gasteiger partial charge is 0.506 e. The van der Waals surface area contributed by atoms with Crippen LogP contribution in [0.2, 0.25) is 0 Å². The van der Waals surface area contributed by atoms with Crippen LogP contribution in [0.3, 0.4) is 0 Å². The highest BCUT2D eigenvalue weighted by molar-refractivity contribution is 9.10. The highest BCUT2D eigenvalue weighted by Crippen LogP contribution is 2.33. The van der Waals surface area contributed by atoms with Crippen molar-refractivity contribution in [3.8, 4) is 5.75 Å². The summed E-state index contributed by atoms with van der Waals surface area (Å²) >= 11 is 3.11. The second kappa shape index (κ2) is 4.07. The second-order valence-corrected chi connectivity index (χ2v) is 3.66. The number of benzene rings is 1. The maximum Gasteiger partial charge on any atom is 0.137 e. The molecular weight excluding hydrogens is 237 g/mol. The van der Waals surface area contributed by atoms with Crippen molar-refractivity contribution in [1.29, 1.82) is 0 Å². The molecule has 1 aromatic rings. The van der Waals surface area contributed by atoms with Crippen LogP contribution in [-0.4, -0.2) is 5.11 Å². The number of halogens is 2. The first kappa shape index (κ1) is 10.5. The predicted octanol–water partition coefficient (Wildman–Crippen LogP) is 2.70. The van der Waals surface area contributed by atoms with Crippen molar-refractivity contribution < 1.29 is 9.50 Å². The van der Waals surface area contributed by atoms with Crippen molar-refractivity contribution in [3.05, 3.63) is 28.0 Å². The van der Waals surface area contributed by atoms with Gasteiger partial charge in [-0.15, -0.1) is 0 Å². The Bertz CT molecular complexity index is 317. The fourth-order valence-corrected chi connectivity index (χ4v) is 1.46. The van der Waals surface area contributed by atoms with Crippen LogP contribution in [0, 0.1) is 5.82 Å². The Hall–Kier alpha value is -0.610. The average Bonchev–Trinajstić information content (AvgIpc) is 2.12. The third-order valence-corrected chi connectivity index (χ3v) is 2.57. The van der Waals surface area contributed by atoms with Crippen LogP contribution in [-0.2, 0) is 0 Å². The standard InChI is InChI=1S/C9H11BrFNO/c1-2-7(12)8-6(11)4-3-5(10)9(8)13/h3-4,7,13H,2,12H2,1H3/t7-/m1/s1. The molecule has 0 fully saturated rings. The molecule has 1 atom stereocenters. The fourth-order valence-electron chi connectivity index (χ4n) is 1.11. The minimum Gasteiger partial charge on any atom is -0.506 e. The zero-order valence-corrected chi connectivity index (χ0v) is 8.81. The van der Waals surface area contributed by atoms with Crippen LogP contribution < -0.4 is 5.73 Å². The minimum absolute atomic E-state index is 0.102. The summed E-state index contributed by atoms with van der Waals surface area (Å²) in [7, 11) is 0. The van der Waals surface area contributed by atoms with Gasteiger partial charge in [0.2, 0.25) is 0 Å². The van der Waals surface area contributed by atoms with Gasteiger partial charge in [-0.05, 0) is 34.5 Å². The van der Waals surface area contributed by atoms with Crippen LogP contribution in [0.25, 0.3) is 0 Å². The third-order valence-electron chi connectivity index (χ3n) is 1.93. The molecule has 0 aliphatic heterocycles. The van der Waals surface area contributed by atoms with Gasteiger partial charge in [-0.3, -0.25) is 0 Å². The van der Waals surface area contributed by atoms with Crippen LogP contribution in [0.15, 0.2) is 16.6 Å². The van der Waals surface area contributed by atoms with Gasteiger partial charge >= 0.3 is 0 Å². The van der Waals surface area contributed by atoms with Gasteiger partial charge in [-0.1, -0.05) is 6.92 Å². The van der Waals surface area contributed by atoms with E-state index in [9.17, 15) is 9.50 Å². The Kier molecular flexibility index (Phi) is 3.27. The van der Waals surface area contributed by atoms with Crippen molar-refractivity contribution in [1.82, 2.24) is 0 Å². The number of rotatable bonds is 2. The molecule has 13 heavy (non-hydrogen) atoms. The first-order valence-corrected chi connectivity index (χ1v) is 4.79. The molecule has 0 aromatic heterocycles. The highest BCUT2D eigenvalue weighted by Gasteiger charge is 2.16. The minimum atomic E-state index is -0.463. The van der Waals surface area contributed by atoms with E-state index >= 15 is 0 Å². The summed E-state index contributed by atoms with van der Waals surface area (Å²) in [5, 5.41) is 9.51. The lowest BCUT2D eigenvalue weighted by Crippen LogP contribution is -2.11. The van der Waals surface area contributed by atoms with E-state index in [1.54, 1.807) is 0 Å². The van der Waals surface area contributed by atoms with E-state index in [1.807, 2.05) is 6.92 Å². The van der Waals surface area contributed by atoms with Crippen LogP contribution in [0.1, 0.15) is 24.9 Å². The number of nitrogens with two attached hydrogens (primary N) is 1. The normalized spacial score (nSPS) is 12.9. The molecule has 1 rings (SSSR count). The van der Waals surface area contributed by atoms with Crippen molar-refractivity contribution in [2.75, 3.05) is 0 Å². The first-order chi connectivity index (χ1) is 6.07. The molecule has 1 aromatic carbocycles. The SMILES string of the molecule is CC[C@@H](N)c1c(F)ccc(Br)c1O. The Morgan fingerprint density at radius 2 is 2.23 bits per heavy atom. The van der Waals surface area contributed by atoms with Gasteiger partial charge < -0.3 is 10.8 Å². The molecule has 0 heterocycles. The molecule has 72 valence electrons. The van der Waals surface area contributed by atoms with E-state index in [2.05, 4.69) is 15.9 Å². The lowest BCUT2D eigenvalue weighted by Gasteiger charge is -2.13. The molecule has 0 unspecified atom stereocenters. The van der Waals surface area contributed by atoms with E-state index in [1.165, 1.54) is 12.1 Å². The van der Waals surface area contributed by atoms with Gasteiger partial charge in [0.1, 0.15) is 11.6 Å². The summed E-state index contributed by atoms with van der Waals surface area (Å²) in [6, 6.07) is 2.28. The van der Waals surface area contributed by atoms with Crippen LogP contribution in [0.5, 0.6) is 5.75 Å². The van der Waals surface area contributed by atoms with Crippen LogP contribution >= 0.6 is 15.9 Å².